The minimum Gasteiger partial charge on any atom is -0.0277 e. The van der Waals surface area contributed by atoms with E-state index in [1.54, 1.807) is 0 Å². The molecule has 0 N–H and O–H groups in total. The first-order valence-corrected chi connectivity index (χ1v) is 3.23. The standard InChI is InChI=1S/C4H8S/c1-2-4-5-3-1/h1-4H2/p+1/i/hD. The van der Waals surface area contributed by atoms with Gasteiger partial charge in [0, 0.05) is 0 Å². The lowest BCUT2D eigenvalue weighted by atomic mass is 10.4. The molecule has 0 atom stereocenters. The van der Waals surface area contributed by atoms with Gasteiger partial charge in [-0.05, 0) is 24.5 Å². The highest BCUT2D eigenvalue weighted by Gasteiger charge is 2.04. The quantitative estimate of drug-likeness (QED) is 0.302. The molecule has 0 amide bonds. The number of rotatable bonds is 0. The highest BCUT2D eigenvalue weighted by atomic mass is 32.2. The average molecular weight is 90.2 g/mol. The summed E-state index contributed by atoms with van der Waals surface area (Å²) in [5.41, 5.74) is 0. The Morgan fingerprint density at radius 1 is 1.40 bits per heavy atom. The van der Waals surface area contributed by atoms with Crippen LogP contribution in [0, 0.1) is 0 Å². The van der Waals surface area contributed by atoms with Crippen LogP contribution in [0.4, 0.5) is 0 Å². The summed E-state index contributed by atoms with van der Waals surface area (Å²) in [6.07, 6.45) is 2.62. The van der Waals surface area contributed by atoms with Crippen LogP contribution in [0.15, 0.2) is 0 Å². The second-order valence-corrected chi connectivity index (χ2v) is 2.54. The summed E-state index contributed by atoms with van der Waals surface area (Å²) in [6.45, 7) is 0. The monoisotopic (exact) mass is 90.0 g/mol. The molecule has 0 aromatic rings. The Balaban J connectivity index is 2.18. The average Bonchev–Trinajstić information content (AvgIpc) is 1.86. The van der Waals surface area contributed by atoms with E-state index in [4.69, 9.17) is 1.12 Å². The molecule has 1 rings (SSSR count). The molecular weight excluding hydrogens is 80.1 g/mol. The highest BCUT2D eigenvalue weighted by Crippen LogP contribution is 1.99. The van der Waals surface area contributed by atoms with Crippen LogP contribution in [0.25, 0.3) is 0 Å². The van der Waals surface area contributed by atoms with Crippen LogP contribution >= 0.6 is 0 Å². The molecule has 1 aliphatic heterocycles. The fraction of sp³-hybridized carbons (Fsp3) is 1.00. The minimum atomic E-state index is 0.0772. The van der Waals surface area contributed by atoms with Crippen molar-refractivity contribution in [3.8, 4) is 0 Å². The molecule has 1 heteroatoms. The predicted molar refractivity (Wildman–Crippen MR) is 27.7 cm³/mol. The van der Waals surface area contributed by atoms with E-state index in [1.807, 2.05) is 0 Å². The third-order valence-corrected chi connectivity index (χ3v) is 1.98. The molecule has 1 heterocycles. The van der Waals surface area contributed by atoms with Crippen molar-refractivity contribution in [3.63, 3.8) is 0 Å². The van der Waals surface area contributed by atoms with Gasteiger partial charge in [-0.15, -0.1) is 0 Å². The Hall–Kier alpha value is 0.350. The van der Waals surface area contributed by atoms with Gasteiger partial charge < -0.3 is 0 Å². The molecule has 0 aromatic carbocycles. The summed E-state index contributed by atoms with van der Waals surface area (Å²) in [7, 11) is 0. The van der Waals surface area contributed by atoms with Gasteiger partial charge in [0.1, 0.15) is 11.5 Å². The topological polar surface area (TPSA) is 0 Å². The van der Waals surface area contributed by atoms with Crippen LogP contribution in [-0.2, 0) is 11.7 Å². The first-order chi connectivity index (χ1) is 2.89. The van der Waals surface area contributed by atoms with E-state index in [0.29, 0.717) is 0 Å². The second-order valence-electron chi connectivity index (χ2n) is 1.32. The van der Waals surface area contributed by atoms with Gasteiger partial charge in [0.15, 0.2) is 0 Å². The molecule has 1 aliphatic rings. The van der Waals surface area contributed by atoms with Gasteiger partial charge in [-0.25, -0.2) is 0 Å². The third kappa shape index (κ3) is 0.839. The summed E-state index contributed by atoms with van der Waals surface area (Å²) in [6, 6.07) is 0. The third-order valence-electron chi connectivity index (χ3n) is 0.827. The maximum absolute atomic E-state index is 7.16. The highest BCUT2D eigenvalue weighted by molar-refractivity contribution is 7.78. The zero-order chi connectivity index (χ0) is 4.41. The lowest BCUT2D eigenvalue weighted by Crippen LogP contribution is -1.72. The van der Waals surface area contributed by atoms with E-state index in [1.165, 1.54) is 24.3 Å². The lowest BCUT2D eigenvalue weighted by molar-refractivity contribution is 0.949. The van der Waals surface area contributed by atoms with Gasteiger partial charge in [0.2, 0.25) is 0 Å². The van der Waals surface area contributed by atoms with Crippen LogP contribution in [-0.4, -0.2) is 12.6 Å². The first kappa shape index (κ1) is 2.51. The maximum Gasteiger partial charge on any atom is 0.358 e. The van der Waals surface area contributed by atoms with E-state index in [-0.39, 0.29) is 11.7 Å². The molecule has 0 aliphatic carbocycles. The zero-order valence-electron chi connectivity index (χ0n) is 4.24. The molecule has 0 unspecified atom stereocenters. The van der Waals surface area contributed by atoms with Crippen LogP contribution in [0.1, 0.15) is 12.8 Å². The molecule has 0 saturated carbocycles. The van der Waals surface area contributed by atoms with E-state index >= 15 is 0 Å². The summed E-state index contributed by atoms with van der Waals surface area (Å²) in [4.78, 5) is 0. The van der Waals surface area contributed by atoms with Crippen molar-refractivity contribution in [2.75, 3.05) is 11.5 Å². The van der Waals surface area contributed by atoms with Gasteiger partial charge in [-0.2, -0.15) is 0 Å². The van der Waals surface area contributed by atoms with Crippen molar-refractivity contribution in [1.29, 1.82) is 1.12 Å². The zero-order valence-corrected chi connectivity index (χ0v) is 4.05. The molecule has 1 fully saturated rings. The number of hydrogen-bond acceptors (Lipinski definition) is 0. The molecular formula is C4H9S+. The lowest BCUT2D eigenvalue weighted by Gasteiger charge is -1.59. The van der Waals surface area contributed by atoms with Crippen molar-refractivity contribution < 1.29 is 0 Å². The number of thiol groups is 1. The van der Waals surface area contributed by atoms with Gasteiger partial charge in [0.05, 0.1) is 0 Å². The van der Waals surface area contributed by atoms with Gasteiger partial charge in [0.25, 0.3) is 0 Å². The fourth-order valence-corrected chi connectivity index (χ4v) is 1.53. The molecule has 0 spiro atoms. The van der Waals surface area contributed by atoms with Crippen molar-refractivity contribution >= 4 is 11.7 Å². The van der Waals surface area contributed by atoms with Crippen LogP contribution in [0.5, 0.6) is 0 Å². The van der Waals surface area contributed by atoms with Crippen LogP contribution < -0.4 is 0 Å². The van der Waals surface area contributed by atoms with Crippen molar-refractivity contribution in [2.24, 2.45) is 0 Å². The van der Waals surface area contributed by atoms with E-state index in [9.17, 15) is 0 Å². The Labute approximate surface area is 38.0 Å². The van der Waals surface area contributed by atoms with Gasteiger partial charge >= 0.3 is 1.12 Å². The Morgan fingerprint density at radius 3 is 2.20 bits per heavy atom. The molecule has 0 radical (unpaired) electrons. The van der Waals surface area contributed by atoms with Crippen LogP contribution in [0.2, 0.25) is 0 Å². The van der Waals surface area contributed by atoms with Crippen molar-refractivity contribution in [1.82, 2.24) is 0 Å². The maximum atomic E-state index is 7.16. The first-order valence-electron chi connectivity index (χ1n) is 2.49. The molecule has 0 aromatic heterocycles. The second kappa shape index (κ2) is 1.71. The largest absolute Gasteiger partial charge is 0.358 e. The minimum absolute atomic E-state index is 0.0772. The number of hydrogen-bond donors (Lipinski definition) is 0. The molecule has 30 valence electrons. The molecule has 1 saturated heterocycles. The summed E-state index contributed by atoms with van der Waals surface area (Å²) in [5.74, 6) is 2.36. The van der Waals surface area contributed by atoms with Crippen molar-refractivity contribution in [3.05, 3.63) is 0 Å². The van der Waals surface area contributed by atoms with Gasteiger partial charge in [-0.1, -0.05) is 0 Å². The Bertz CT molecular complexity index is 40.8. The molecule has 0 bridgehead atoms. The summed E-state index contributed by atoms with van der Waals surface area (Å²) in [5, 5.41) is 0. The van der Waals surface area contributed by atoms with Crippen molar-refractivity contribution in [2.45, 2.75) is 12.8 Å². The predicted octanol–water partition coefficient (Wildman–Crippen LogP) is 0.595. The molecule has 5 heavy (non-hydrogen) atoms. The Morgan fingerprint density at radius 2 is 2.00 bits per heavy atom. The fourth-order valence-electron chi connectivity index (χ4n) is 0.510. The normalized spacial score (nSPS) is 30.8. The van der Waals surface area contributed by atoms with E-state index in [0.717, 1.165) is 0 Å². The van der Waals surface area contributed by atoms with Crippen LogP contribution in [0.3, 0.4) is 0 Å². The van der Waals surface area contributed by atoms with E-state index in [2.05, 4.69) is 0 Å². The smallest absolute Gasteiger partial charge is 0.0277 e. The van der Waals surface area contributed by atoms with Gasteiger partial charge in [-0.3, -0.25) is 0 Å². The summed E-state index contributed by atoms with van der Waals surface area (Å²) < 4.78 is 7.16. The van der Waals surface area contributed by atoms with E-state index < -0.39 is 0 Å². The SMILES string of the molecule is [2H][S+]1CCCC1. The molecule has 0 nitrogen and oxygen atoms in total. The summed E-state index contributed by atoms with van der Waals surface area (Å²) >= 11 is 0.0772. The Kier molecular flexibility index (Phi) is 0.856.